The molecular weight excluding hydrogens is 254 g/mol. The van der Waals surface area contributed by atoms with Gasteiger partial charge in [0.2, 0.25) is 5.89 Å². The Morgan fingerprint density at radius 3 is 2.67 bits per heavy atom. The summed E-state index contributed by atoms with van der Waals surface area (Å²) < 4.78 is 5.22. The summed E-state index contributed by atoms with van der Waals surface area (Å²) in [4.78, 5) is 11.7. The number of rotatable bonds is 3. The van der Waals surface area contributed by atoms with Crippen LogP contribution in [-0.4, -0.2) is 21.3 Å². The van der Waals surface area contributed by atoms with Crippen molar-refractivity contribution in [1.82, 2.24) is 10.2 Å². The third kappa shape index (κ3) is 2.45. The zero-order valence-corrected chi connectivity index (χ0v) is 10.6. The third-order valence-corrected chi connectivity index (χ3v) is 3.11. The number of anilines is 1. The molecule has 1 aromatic carbocycles. The van der Waals surface area contributed by atoms with Gasteiger partial charge < -0.3 is 15.3 Å². The Morgan fingerprint density at radius 1 is 1.39 bits per heavy atom. The van der Waals surface area contributed by atoms with Crippen LogP contribution in [0.25, 0.3) is 0 Å². The van der Waals surface area contributed by atoms with Gasteiger partial charge in [-0.25, -0.2) is 4.79 Å². The molecule has 0 saturated heterocycles. The summed E-state index contributed by atoms with van der Waals surface area (Å²) >= 11 is 1.20. The molecule has 1 heterocycles. The minimum atomic E-state index is -1.06. The van der Waals surface area contributed by atoms with Crippen LogP contribution in [0, 0.1) is 13.8 Å². The first-order chi connectivity index (χ1) is 8.47. The molecule has 18 heavy (non-hydrogen) atoms. The van der Waals surface area contributed by atoms with E-state index in [1.165, 1.54) is 17.8 Å². The Balaban J connectivity index is 2.37. The number of hydrogen-bond donors (Lipinski definition) is 2. The second-order valence-corrected chi connectivity index (χ2v) is 4.72. The van der Waals surface area contributed by atoms with Crippen LogP contribution in [-0.2, 0) is 0 Å². The summed E-state index contributed by atoms with van der Waals surface area (Å²) in [5.74, 6) is -0.595. The van der Waals surface area contributed by atoms with E-state index in [2.05, 4.69) is 10.2 Å². The lowest BCUT2D eigenvalue weighted by atomic mass is 10.1. The zero-order chi connectivity index (χ0) is 13.3. The first-order valence-corrected chi connectivity index (χ1v) is 5.90. The van der Waals surface area contributed by atoms with Crippen LogP contribution < -0.4 is 5.73 Å². The fourth-order valence-electron chi connectivity index (χ4n) is 1.42. The Morgan fingerprint density at radius 2 is 2.11 bits per heavy atom. The van der Waals surface area contributed by atoms with Crippen LogP contribution in [0.2, 0.25) is 0 Å². The first-order valence-electron chi connectivity index (χ1n) is 5.08. The second-order valence-electron chi connectivity index (χ2n) is 3.70. The third-order valence-electron chi connectivity index (χ3n) is 2.30. The lowest BCUT2D eigenvalue weighted by Gasteiger charge is -2.07. The van der Waals surface area contributed by atoms with Gasteiger partial charge in [0.25, 0.3) is 5.22 Å². The van der Waals surface area contributed by atoms with Gasteiger partial charge in [0.1, 0.15) is 0 Å². The highest BCUT2D eigenvalue weighted by Gasteiger charge is 2.14. The number of carboxylic acids is 1. The first kappa shape index (κ1) is 12.4. The largest absolute Gasteiger partial charge is 0.478 e. The van der Waals surface area contributed by atoms with Gasteiger partial charge in [-0.15, -0.1) is 10.2 Å². The number of aryl methyl sites for hydroxylation is 2. The molecule has 0 atom stereocenters. The van der Waals surface area contributed by atoms with Crippen LogP contribution in [0.15, 0.2) is 26.7 Å². The topological polar surface area (TPSA) is 102 Å². The van der Waals surface area contributed by atoms with Gasteiger partial charge >= 0.3 is 5.97 Å². The summed E-state index contributed by atoms with van der Waals surface area (Å²) in [5.41, 5.74) is 6.76. The Kier molecular flexibility index (Phi) is 3.24. The number of nitrogens with zero attached hydrogens (tertiary/aromatic N) is 2. The van der Waals surface area contributed by atoms with Crippen molar-refractivity contribution < 1.29 is 14.3 Å². The predicted molar refractivity (Wildman–Crippen MR) is 65.7 cm³/mol. The van der Waals surface area contributed by atoms with Crippen LogP contribution in [0.1, 0.15) is 21.8 Å². The van der Waals surface area contributed by atoms with E-state index < -0.39 is 5.97 Å². The summed E-state index contributed by atoms with van der Waals surface area (Å²) in [6.07, 6.45) is 0. The van der Waals surface area contributed by atoms with Crippen molar-refractivity contribution in [2.75, 3.05) is 5.73 Å². The van der Waals surface area contributed by atoms with Crippen molar-refractivity contribution in [3.8, 4) is 0 Å². The number of carboxylic acid groups (broad SMARTS) is 1. The predicted octanol–water partition coefficient (Wildman–Crippen LogP) is 2.12. The van der Waals surface area contributed by atoms with Gasteiger partial charge in [0.15, 0.2) is 0 Å². The van der Waals surface area contributed by atoms with E-state index in [4.69, 9.17) is 15.3 Å². The number of nitrogens with two attached hydrogens (primary N) is 1. The van der Waals surface area contributed by atoms with Gasteiger partial charge in [0.05, 0.1) is 5.56 Å². The van der Waals surface area contributed by atoms with Crippen LogP contribution in [0.3, 0.4) is 0 Å². The van der Waals surface area contributed by atoms with E-state index in [1.54, 1.807) is 19.9 Å². The maximum absolute atomic E-state index is 11.0. The molecular formula is C11H11N3O3S. The summed E-state index contributed by atoms with van der Waals surface area (Å²) in [6.45, 7) is 3.44. The van der Waals surface area contributed by atoms with E-state index in [1.807, 2.05) is 0 Å². The Labute approximate surface area is 107 Å². The summed E-state index contributed by atoms with van der Waals surface area (Å²) in [5, 5.41) is 16.9. The maximum atomic E-state index is 11.0. The number of aromatic nitrogens is 2. The number of nitrogen functional groups attached to an aromatic ring is 1. The lowest BCUT2D eigenvalue weighted by molar-refractivity contribution is 0.0697. The normalized spacial score (nSPS) is 10.6. The molecule has 0 amide bonds. The van der Waals surface area contributed by atoms with Gasteiger partial charge in [-0.2, -0.15) is 0 Å². The molecule has 0 unspecified atom stereocenters. The maximum Gasteiger partial charge on any atom is 0.337 e. The van der Waals surface area contributed by atoms with Gasteiger partial charge in [-0.05, 0) is 36.4 Å². The number of benzene rings is 1. The average molecular weight is 265 g/mol. The molecule has 1 aromatic heterocycles. The van der Waals surface area contributed by atoms with Gasteiger partial charge in [-0.3, -0.25) is 0 Å². The SMILES string of the molecule is Cc1nnc(Sc2cc(C)c(N)c(C(=O)O)c2)o1. The molecule has 3 N–H and O–H groups in total. The Bertz CT molecular complexity index is 610. The fraction of sp³-hybridized carbons (Fsp3) is 0.182. The average Bonchev–Trinajstić information content (AvgIpc) is 2.68. The lowest BCUT2D eigenvalue weighted by Crippen LogP contribution is -2.04. The molecule has 0 bridgehead atoms. The quantitative estimate of drug-likeness (QED) is 0.819. The highest BCUT2D eigenvalue weighted by atomic mass is 32.2. The van der Waals surface area contributed by atoms with E-state index >= 15 is 0 Å². The molecule has 7 heteroatoms. The molecule has 2 aromatic rings. The number of hydrogen-bond acceptors (Lipinski definition) is 6. The van der Waals surface area contributed by atoms with Crippen molar-refractivity contribution in [2.24, 2.45) is 0 Å². The highest BCUT2D eigenvalue weighted by molar-refractivity contribution is 7.99. The van der Waals surface area contributed by atoms with Crippen molar-refractivity contribution >= 4 is 23.4 Å². The highest BCUT2D eigenvalue weighted by Crippen LogP contribution is 2.31. The monoisotopic (exact) mass is 265 g/mol. The van der Waals surface area contributed by atoms with E-state index in [-0.39, 0.29) is 11.3 Å². The van der Waals surface area contributed by atoms with Crippen LogP contribution in [0.4, 0.5) is 5.69 Å². The van der Waals surface area contributed by atoms with Crippen molar-refractivity contribution in [1.29, 1.82) is 0 Å². The number of carbonyl (C=O) groups is 1. The number of aromatic carboxylic acids is 1. The molecule has 0 aliphatic heterocycles. The molecule has 0 aliphatic carbocycles. The molecule has 0 fully saturated rings. The standard InChI is InChI=1S/C11H11N3O3S/c1-5-3-7(4-8(9(5)12)10(15)16)18-11-14-13-6(2)17-11/h3-4H,12H2,1-2H3,(H,15,16). The minimum Gasteiger partial charge on any atom is -0.478 e. The summed E-state index contributed by atoms with van der Waals surface area (Å²) in [7, 11) is 0. The minimum absolute atomic E-state index is 0.0775. The van der Waals surface area contributed by atoms with Crippen molar-refractivity contribution in [3.63, 3.8) is 0 Å². The van der Waals surface area contributed by atoms with E-state index in [9.17, 15) is 4.79 Å². The molecule has 0 radical (unpaired) electrons. The summed E-state index contributed by atoms with van der Waals surface area (Å²) in [6, 6.07) is 3.28. The van der Waals surface area contributed by atoms with Gasteiger partial charge in [0, 0.05) is 17.5 Å². The van der Waals surface area contributed by atoms with Crippen LogP contribution in [0.5, 0.6) is 0 Å². The van der Waals surface area contributed by atoms with E-state index in [0.29, 0.717) is 21.6 Å². The van der Waals surface area contributed by atoms with Crippen LogP contribution >= 0.6 is 11.8 Å². The van der Waals surface area contributed by atoms with Gasteiger partial charge in [-0.1, -0.05) is 0 Å². The smallest absolute Gasteiger partial charge is 0.337 e. The fourth-order valence-corrected chi connectivity index (χ4v) is 2.28. The molecule has 0 spiro atoms. The van der Waals surface area contributed by atoms with Crippen molar-refractivity contribution in [2.45, 2.75) is 24.0 Å². The van der Waals surface area contributed by atoms with E-state index in [0.717, 1.165) is 0 Å². The molecule has 6 nitrogen and oxygen atoms in total. The molecule has 0 saturated carbocycles. The molecule has 94 valence electrons. The molecule has 0 aliphatic rings. The zero-order valence-electron chi connectivity index (χ0n) is 9.80. The van der Waals surface area contributed by atoms with Crippen molar-refractivity contribution in [3.05, 3.63) is 29.2 Å². The Hall–Kier alpha value is -2.02. The second kappa shape index (κ2) is 4.69. The molecule has 2 rings (SSSR count).